The number of hydrogen-bond donors (Lipinski definition) is 2. The van der Waals surface area contributed by atoms with Crippen molar-refractivity contribution in [3.8, 4) is 0 Å². The van der Waals surface area contributed by atoms with Crippen LogP contribution in [0.2, 0.25) is 0 Å². The lowest BCUT2D eigenvalue weighted by Crippen LogP contribution is -2.43. The van der Waals surface area contributed by atoms with Gasteiger partial charge >= 0.3 is 0 Å². The van der Waals surface area contributed by atoms with Gasteiger partial charge in [-0.2, -0.15) is 0 Å². The van der Waals surface area contributed by atoms with Gasteiger partial charge in [0.25, 0.3) is 0 Å². The van der Waals surface area contributed by atoms with Crippen LogP contribution in [0, 0.1) is 0 Å². The summed E-state index contributed by atoms with van der Waals surface area (Å²) in [7, 11) is -5.27. The van der Waals surface area contributed by atoms with Gasteiger partial charge in [0.05, 0.1) is 9.64 Å². The summed E-state index contributed by atoms with van der Waals surface area (Å²) in [6.07, 6.45) is 1.09. The van der Waals surface area contributed by atoms with Gasteiger partial charge in [-0.1, -0.05) is 12.1 Å². The molecule has 0 unspecified atom stereocenters. The molecule has 120 valence electrons. The number of sulfone groups is 1. The quantitative estimate of drug-likeness (QED) is 0.758. The molecule has 1 aromatic rings. The Morgan fingerprint density at radius 1 is 1.05 bits per heavy atom. The zero-order valence-corrected chi connectivity index (χ0v) is 14.3. The fourth-order valence-electron chi connectivity index (χ4n) is 1.47. The van der Waals surface area contributed by atoms with E-state index in [0.717, 1.165) is 11.8 Å². The molecule has 8 heteroatoms. The third-order valence-corrected chi connectivity index (χ3v) is 6.88. The van der Waals surface area contributed by atoms with E-state index in [4.69, 9.17) is 0 Å². The fourth-order valence-corrected chi connectivity index (χ4v) is 3.11. The van der Waals surface area contributed by atoms with Gasteiger partial charge < -0.3 is 5.32 Å². The van der Waals surface area contributed by atoms with Crippen LogP contribution in [0.1, 0.15) is 19.4 Å². The summed E-state index contributed by atoms with van der Waals surface area (Å²) in [5.41, 5.74) is 0.966. The summed E-state index contributed by atoms with van der Waals surface area (Å²) in [6.45, 7) is 3.45. The summed E-state index contributed by atoms with van der Waals surface area (Å²) in [5, 5.41) is 2.97. The fraction of sp³-hybridized carbons (Fsp3) is 0.538. The highest BCUT2D eigenvalue weighted by atomic mass is 32.2. The van der Waals surface area contributed by atoms with Crippen LogP contribution in [0.4, 0.5) is 0 Å². The zero-order chi connectivity index (χ0) is 16.3. The Labute approximate surface area is 126 Å². The van der Waals surface area contributed by atoms with E-state index in [2.05, 4.69) is 10.0 Å². The number of nitrogens with one attached hydrogen (secondary N) is 2. The van der Waals surface area contributed by atoms with Crippen LogP contribution in [0.15, 0.2) is 29.2 Å². The van der Waals surface area contributed by atoms with E-state index < -0.39 is 24.6 Å². The first-order valence-corrected chi connectivity index (χ1v) is 9.80. The van der Waals surface area contributed by atoms with Gasteiger partial charge in [0.1, 0.15) is 0 Å². The summed E-state index contributed by atoms with van der Waals surface area (Å²) in [6, 6.07) is 6.43. The van der Waals surface area contributed by atoms with E-state index in [0.29, 0.717) is 6.54 Å². The molecule has 0 fully saturated rings. The Kier molecular flexibility index (Phi) is 5.54. The Morgan fingerprint density at radius 3 is 2.00 bits per heavy atom. The van der Waals surface area contributed by atoms with Gasteiger partial charge in [-0.05, 0) is 38.6 Å². The van der Waals surface area contributed by atoms with Crippen LogP contribution in [0.25, 0.3) is 0 Å². The van der Waals surface area contributed by atoms with Crippen molar-refractivity contribution in [2.24, 2.45) is 0 Å². The zero-order valence-electron chi connectivity index (χ0n) is 12.7. The Bertz CT molecular complexity index is 677. The van der Waals surface area contributed by atoms with Gasteiger partial charge in [0.15, 0.2) is 9.84 Å². The lowest BCUT2D eigenvalue weighted by Gasteiger charge is -2.22. The van der Waals surface area contributed by atoms with Crippen LogP contribution >= 0.6 is 0 Å². The summed E-state index contributed by atoms with van der Waals surface area (Å²) in [5.74, 6) is 0. The van der Waals surface area contributed by atoms with Crippen molar-refractivity contribution in [2.45, 2.75) is 30.0 Å². The highest BCUT2D eigenvalue weighted by Gasteiger charge is 2.31. The second kappa shape index (κ2) is 6.43. The summed E-state index contributed by atoms with van der Waals surface area (Å²) in [4.78, 5) is 0.117. The minimum Gasteiger partial charge on any atom is -0.316 e. The minimum absolute atomic E-state index is 0.117. The van der Waals surface area contributed by atoms with Crippen molar-refractivity contribution in [2.75, 3.05) is 19.8 Å². The van der Waals surface area contributed by atoms with Crippen molar-refractivity contribution < 1.29 is 16.8 Å². The lowest BCUT2D eigenvalue weighted by atomic mass is 10.2. The maximum absolute atomic E-state index is 12.2. The minimum atomic E-state index is -3.72. The molecule has 0 aliphatic heterocycles. The molecule has 0 radical (unpaired) electrons. The standard InChI is InChI=1S/C13H22N2O4S2/c1-13(2,20(4,16)17)10-15-21(18,19)12-7-5-11(6-8-12)9-14-3/h5-8,14-15H,9-10H2,1-4H3. The Morgan fingerprint density at radius 2 is 1.57 bits per heavy atom. The van der Waals surface area contributed by atoms with Gasteiger partial charge in [-0.15, -0.1) is 0 Å². The molecule has 0 bridgehead atoms. The number of rotatable bonds is 7. The predicted molar refractivity (Wildman–Crippen MR) is 83.3 cm³/mol. The van der Waals surface area contributed by atoms with Crippen LogP contribution in [0.5, 0.6) is 0 Å². The van der Waals surface area contributed by atoms with Crippen LogP contribution in [0.3, 0.4) is 0 Å². The SMILES string of the molecule is CNCc1ccc(S(=O)(=O)NCC(C)(C)S(C)(=O)=O)cc1. The molecule has 0 aliphatic carbocycles. The second-order valence-corrected chi connectivity index (χ2v) is 9.95. The van der Waals surface area contributed by atoms with Gasteiger partial charge in [0, 0.05) is 19.3 Å². The molecular weight excluding hydrogens is 312 g/mol. The van der Waals surface area contributed by atoms with Gasteiger partial charge in [0.2, 0.25) is 10.0 Å². The van der Waals surface area contributed by atoms with Crippen molar-refractivity contribution in [3.05, 3.63) is 29.8 Å². The molecule has 0 saturated carbocycles. The van der Waals surface area contributed by atoms with Crippen LogP contribution in [-0.2, 0) is 26.4 Å². The van der Waals surface area contributed by atoms with E-state index in [-0.39, 0.29) is 11.4 Å². The normalized spacial score (nSPS) is 13.3. The van der Waals surface area contributed by atoms with E-state index in [1.165, 1.54) is 26.0 Å². The average molecular weight is 334 g/mol. The first-order valence-electron chi connectivity index (χ1n) is 6.42. The Balaban J connectivity index is 2.87. The first-order chi connectivity index (χ1) is 9.49. The number of benzene rings is 1. The molecule has 1 rings (SSSR count). The number of sulfonamides is 1. The molecule has 6 nitrogen and oxygen atoms in total. The molecule has 0 heterocycles. The molecule has 21 heavy (non-hydrogen) atoms. The highest BCUT2D eigenvalue weighted by Crippen LogP contribution is 2.16. The van der Waals surface area contributed by atoms with Crippen molar-refractivity contribution >= 4 is 19.9 Å². The van der Waals surface area contributed by atoms with Crippen LogP contribution < -0.4 is 10.0 Å². The molecule has 1 aromatic carbocycles. The molecular formula is C13H22N2O4S2. The summed E-state index contributed by atoms with van der Waals surface area (Å²) < 4.78 is 48.7. The Hall–Kier alpha value is -0.960. The molecule has 0 saturated heterocycles. The molecule has 0 aliphatic rings. The molecule has 0 amide bonds. The van der Waals surface area contributed by atoms with E-state index in [1.807, 2.05) is 0 Å². The average Bonchev–Trinajstić information content (AvgIpc) is 2.36. The smallest absolute Gasteiger partial charge is 0.240 e. The largest absolute Gasteiger partial charge is 0.316 e. The lowest BCUT2D eigenvalue weighted by molar-refractivity contribution is 0.537. The van der Waals surface area contributed by atoms with Crippen molar-refractivity contribution in [3.63, 3.8) is 0 Å². The second-order valence-electron chi connectivity index (χ2n) is 5.53. The highest BCUT2D eigenvalue weighted by molar-refractivity contribution is 7.92. The topological polar surface area (TPSA) is 92.3 Å². The third kappa shape index (κ3) is 4.77. The van der Waals surface area contributed by atoms with Crippen molar-refractivity contribution in [1.29, 1.82) is 0 Å². The maximum Gasteiger partial charge on any atom is 0.240 e. The van der Waals surface area contributed by atoms with Crippen LogP contribution in [-0.4, -0.2) is 41.4 Å². The predicted octanol–water partition coefficient (Wildman–Crippen LogP) is 0.508. The summed E-state index contributed by atoms with van der Waals surface area (Å²) >= 11 is 0. The van der Waals surface area contributed by atoms with Crippen molar-refractivity contribution in [1.82, 2.24) is 10.0 Å². The third-order valence-electron chi connectivity index (χ3n) is 3.31. The van der Waals surface area contributed by atoms with E-state index in [9.17, 15) is 16.8 Å². The van der Waals surface area contributed by atoms with Gasteiger partial charge in [-0.25, -0.2) is 21.6 Å². The number of hydrogen-bond acceptors (Lipinski definition) is 5. The first kappa shape index (κ1) is 18.1. The molecule has 0 aromatic heterocycles. The molecule has 2 N–H and O–H groups in total. The van der Waals surface area contributed by atoms with E-state index in [1.54, 1.807) is 19.2 Å². The molecule has 0 spiro atoms. The maximum atomic E-state index is 12.2. The monoisotopic (exact) mass is 334 g/mol. The molecule has 0 atom stereocenters. The van der Waals surface area contributed by atoms with E-state index >= 15 is 0 Å². The van der Waals surface area contributed by atoms with Gasteiger partial charge in [-0.3, -0.25) is 0 Å².